The number of hydrogen-bond donors (Lipinski definition) is 2. The number of benzene rings is 3. The van der Waals surface area contributed by atoms with E-state index in [-0.39, 0.29) is 11.3 Å². The van der Waals surface area contributed by atoms with Gasteiger partial charge in [0.1, 0.15) is 0 Å². The zero-order valence-electron chi connectivity index (χ0n) is 17.2. The molecule has 0 bridgehead atoms. The summed E-state index contributed by atoms with van der Waals surface area (Å²) in [6.45, 7) is 4.69. The predicted octanol–water partition coefficient (Wildman–Crippen LogP) is 5.15. The third-order valence-electron chi connectivity index (χ3n) is 7.28. The Morgan fingerprint density at radius 2 is 1.90 bits per heavy atom. The highest BCUT2D eigenvalue weighted by atomic mass is 16.1. The molecule has 1 aliphatic heterocycles. The van der Waals surface area contributed by atoms with Gasteiger partial charge in [-0.3, -0.25) is 4.79 Å². The highest BCUT2D eigenvalue weighted by Gasteiger charge is 2.52. The van der Waals surface area contributed by atoms with E-state index >= 15 is 0 Å². The van der Waals surface area contributed by atoms with Crippen LogP contribution >= 0.6 is 0 Å². The second kappa shape index (κ2) is 6.91. The van der Waals surface area contributed by atoms with Crippen LogP contribution in [0.4, 0.5) is 5.69 Å². The fourth-order valence-electron chi connectivity index (χ4n) is 5.90. The number of hydrogen-bond acceptors (Lipinski definition) is 2. The first-order valence-electron chi connectivity index (χ1n) is 10.7. The Balaban J connectivity index is 1.70. The van der Waals surface area contributed by atoms with Crippen LogP contribution in [-0.2, 0) is 16.6 Å². The van der Waals surface area contributed by atoms with Crippen LogP contribution in [-0.4, -0.2) is 18.5 Å². The number of rotatable bonds is 3. The molecule has 148 valence electrons. The smallest absolute Gasteiger partial charge is 0.216 e. The molecule has 0 saturated heterocycles. The molecule has 2 aliphatic rings. The van der Waals surface area contributed by atoms with E-state index in [2.05, 4.69) is 78.2 Å². The summed E-state index contributed by atoms with van der Waals surface area (Å²) in [5, 5.41) is 9.60. The van der Waals surface area contributed by atoms with E-state index in [1.165, 1.54) is 33.2 Å². The first-order chi connectivity index (χ1) is 14.1. The minimum absolute atomic E-state index is 0.0333. The largest absolute Gasteiger partial charge is 0.381 e. The van der Waals surface area contributed by atoms with Crippen molar-refractivity contribution in [2.45, 2.75) is 50.5 Å². The van der Waals surface area contributed by atoms with Gasteiger partial charge in [0.15, 0.2) is 0 Å². The lowest BCUT2D eigenvalue weighted by molar-refractivity contribution is -0.119. The number of fused-ring (bicyclic) bond motifs is 6. The molecule has 2 N–H and O–H groups in total. The highest BCUT2D eigenvalue weighted by Crippen LogP contribution is 2.56. The number of carbonyl (C=O) groups excluding carboxylic acids is 1. The number of carbonyl (C=O) groups is 1. The summed E-state index contributed by atoms with van der Waals surface area (Å²) in [6.07, 6.45) is 3.13. The first kappa shape index (κ1) is 18.2. The number of nitrogens with one attached hydrogen (secondary N) is 2. The molecule has 3 aromatic carbocycles. The molecule has 3 aromatic rings. The van der Waals surface area contributed by atoms with Gasteiger partial charge in [0.2, 0.25) is 5.91 Å². The van der Waals surface area contributed by atoms with Crippen molar-refractivity contribution in [3.05, 3.63) is 77.4 Å². The number of anilines is 1. The van der Waals surface area contributed by atoms with Crippen molar-refractivity contribution in [2.24, 2.45) is 0 Å². The maximum Gasteiger partial charge on any atom is 0.216 e. The van der Waals surface area contributed by atoms with Crippen molar-refractivity contribution < 1.29 is 4.79 Å². The van der Waals surface area contributed by atoms with Gasteiger partial charge in [0.25, 0.3) is 0 Å². The van der Waals surface area contributed by atoms with Crippen LogP contribution in [0.25, 0.3) is 10.8 Å². The van der Waals surface area contributed by atoms with Crippen molar-refractivity contribution in [3.8, 4) is 0 Å². The van der Waals surface area contributed by atoms with Gasteiger partial charge in [-0.1, -0.05) is 67.6 Å². The molecule has 1 heterocycles. The van der Waals surface area contributed by atoms with E-state index in [0.29, 0.717) is 18.5 Å². The van der Waals surface area contributed by atoms with Gasteiger partial charge in [-0.25, -0.2) is 0 Å². The zero-order chi connectivity index (χ0) is 20.0. The Kier molecular flexibility index (Phi) is 4.34. The minimum Gasteiger partial charge on any atom is -0.381 e. The van der Waals surface area contributed by atoms with Gasteiger partial charge >= 0.3 is 0 Å². The normalized spacial score (nSPS) is 24.8. The van der Waals surface area contributed by atoms with Crippen LogP contribution in [0, 0.1) is 0 Å². The standard InChI is InChI=1S/C26H28N2O/c1-17-21-9-5-3-7-19(21)12-14-24-26(17,15-16-27-18(2)29)23-13-11-20-8-4-6-10-22(20)25(23)28-24/h3-11,13,17,24,28H,12,14-16H2,1-2H3,(H,27,29). The monoisotopic (exact) mass is 384 g/mol. The van der Waals surface area contributed by atoms with Crippen LogP contribution < -0.4 is 10.6 Å². The highest BCUT2D eigenvalue weighted by molar-refractivity contribution is 5.97. The predicted molar refractivity (Wildman–Crippen MR) is 120 cm³/mol. The SMILES string of the molecule is CC(=O)NCCC12c3ccc4ccccc4c3NC1CCc1ccccc1C2C. The van der Waals surface area contributed by atoms with E-state index < -0.39 is 0 Å². The van der Waals surface area contributed by atoms with E-state index in [1.807, 2.05) is 0 Å². The average molecular weight is 385 g/mol. The van der Waals surface area contributed by atoms with E-state index in [4.69, 9.17) is 0 Å². The van der Waals surface area contributed by atoms with Crippen molar-refractivity contribution in [1.82, 2.24) is 5.32 Å². The summed E-state index contributed by atoms with van der Waals surface area (Å²) in [7, 11) is 0. The molecule has 1 amide bonds. The summed E-state index contributed by atoms with van der Waals surface area (Å²) in [4.78, 5) is 11.6. The van der Waals surface area contributed by atoms with Gasteiger partial charge in [-0.2, -0.15) is 0 Å². The molecule has 0 aromatic heterocycles. The zero-order valence-corrected chi connectivity index (χ0v) is 17.2. The summed E-state index contributed by atoms with van der Waals surface area (Å²) in [5.41, 5.74) is 5.60. The molecule has 3 atom stereocenters. The second-order valence-corrected chi connectivity index (χ2v) is 8.64. The summed E-state index contributed by atoms with van der Waals surface area (Å²) >= 11 is 0. The van der Waals surface area contributed by atoms with Gasteiger partial charge in [0, 0.05) is 36.0 Å². The summed E-state index contributed by atoms with van der Waals surface area (Å²) in [5.74, 6) is 0.416. The minimum atomic E-state index is -0.0333. The topological polar surface area (TPSA) is 41.1 Å². The number of aryl methyl sites for hydroxylation is 1. The molecule has 29 heavy (non-hydrogen) atoms. The maximum atomic E-state index is 11.6. The van der Waals surface area contributed by atoms with Crippen molar-refractivity contribution in [3.63, 3.8) is 0 Å². The molecular formula is C26H28N2O. The van der Waals surface area contributed by atoms with E-state index in [9.17, 15) is 4.79 Å². The molecule has 3 unspecified atom stereocenters. The quantitative estimate of drug-likeness (QED) is 0.656. The van der Waals surface area contributed by atoms with Crippen LogP contribution in [0.2, 0.25) is 0 Å². The summed E-state index contributed by atoms with van der Waals surface area (Å²) < 4.78 is 0. The van der Waals surface area contributed by atoms with Crippen molar-refractivity contribution in [2.75, 3.05) is 11.9 Å². The van der Waals surface area contributed by atoms with E-state index in [1.54, 1.807) is 6.92 Å². The van der Waals surface area contributed by atoms with Gasteiger partial charge in [-0.05, 0) is 47.3 Å². The molecule has 5 rings (SSSR count). The van der Waals surface area contributed by atoms with Crippen LogP contribution in [0.15, 0.2) is 60.7 Å². The lowest BCUT2D eigenvalue weighted by atomic mass is 9.63. The molecule has 3 nitrogen and oxygen atoms in total. The summed E-state index contributed by atoms with van der Waals surface area (Å²) in [6, 6.07) is 22.5. The Hall–Kier alpha value is -2.81. The van der Waals surface area contributed by atoms with Gasteiger partial charge in [-0.15, -0.1) is 0 Å². The van der Waals surface area contributed by atoms with Crippen LogP contribution in [0.3, 0.4) is 0 Å². The first-order valence-corrected chi connectivity index (χ1v) is 10.7. The van der Waals surface area contributed by atoms with E-state index in [0.717, 1.165) is 19.3 Å². The molecule has 3 heteroatoms. The molecule has 0 radical (unpaired) electrons. The Bertz CT molecular complexity index is 1090. The van der Waals surface area contributed by atoms with Crippen molar-refractivity contribution in [1.29, 1.82) is 0 Å². The lowest BCUT2D eigenvalue weighted by Gasteiger charge is -2.40. The molecule has 0 fully saturated rings. The van der Waals surface area contributed by atoms with Gasteiger partial charge < -0.3 is 10.6 Å². The van der Waals surface area contributed by atoms with Gasteiger partial charge in [0.05, 0.1) is 0 Å². The fourth-order valence-corrected chi connectivity index (χ4v) is 5.90. The maximum absolute atomic E-state index is 11.6. The Morgan fingerprint density at radius 3 is 2.76 bits per heavy atom. The number of amides is 1. The molecule has 0 saturated carbocycles. The fraction of sp³-hybridized carbons (Fsp3) is 0.346. The molecule has 0 spiro atoms. The third kappa shape index (κ3) is 2.75. The third-order valence-corrected chi connectivity index (χ3v) is 7.28. The molecular weight excluding hydrogens is 356 g/mol. The Labute approximate surface area is 172 Å². The van der Waals surface area contributed by atoms with Crippen LogP contribution in [0.5, 0.6) is 0 Å². The van der Waals surface area contributed by atoms with Crippen LogP contribution in [0.1, 0.15) is 49.3 Å². The molecule has 1 aliphatic carbocycles. The second-order valence-electron chi connectivity index (χ2n) is 8.64. The van der Waals surface area contributed by atoms with Crippen molar-refractivity contribution >= 4 is 22.4 Å². The lowest BCUT2D eigenvalue weighted by Crippen LogP contribution is -2.44. The average Bonchev–Trinajstić information content (AvgIpc) is 3.00. The Morgan fingerprint density at radius 1 is 1.10 bits per heavy atom.